The average molecular weight is 431 g/mol. The maximum absolute atomic E-state index is 11.5. The van der Waals surface area contributed by atoms with Gasteiger partial charge in [-0.25, -0.2) is 0 Å². The predicted molar refractivity (Wildman–Crippen MR) is 116 cm³/mol. The van der Waals surface area contributed by atoms with E-state index in [1.165, 1.54) is 18.2 Å². The maximum Gasteiger partial charge on any atom is 0.252 e. The summed E-state index contributed by atoms with van der Waals surface area (Å²) in [5.74, 6) is -0.189. The lowest BCUT2D eigenvalue weighted by Gasteiger charge is -2.28. The summed E-state index contributed by atoms with van der Waals surface area (Å²) in [5, 5.41) is 25.6. The molecule has 0 aliphatic rings. The smallest absolute Gasteiger partial charge is 0.252 e. The topological polar surface area (TPSA) is 143 Å². The number of β-amino-alcohol motifs (C(OH)–C–C–N with tert-alkyl or cyclic N) is 1. The molecule has 0 saturated heterocycles. The summed E-state index contributed by atoms with van der Waals surface area (Å²) in [6.07, 6.45) is -0.770. The van der Waals surface area contributed by atoms with Gasteiger partial charge in [0.2, 0.25) is 0 Å². The largest absolute Gasteiger partial charge is 0.507 e. The molecule has 0 heterocycles. The van der Waals surface area contributed by atoms with Gasteiger partial charge in [-0.3, -0.25) is 9.59 Å². The van der Waals surface area contributed by atoms with Gasteiger partial charge in [-0.1, -0.05) is 0 Å². The molecule has 2 amide bonds. The highest BCUT2D eigenvalue weighted by Gasteiger charge is 2.20. The van der Waals surface area contributed by atoms with Crippen LogP contribution in [0, 0.1) is 0 Å². The Morgan fingerprint density at radius 3 is 2.35 bits per heavy atom. The summed E-state index contributed by atoms with van der Waals surface area (Å²) in [4.78, 5) is 22.8. The first-order valence-corrected chi connectivity index (χ1v) is 9.75. The van der Waals surface area contributed by atoms with Gasteiger partial charge in [-0.15, -0.1) is 0 Å². The number of aromatic hydroxyl groups is 1. The minimum absolute atomic E-state index is 0.0146. The monoisotopic (exact) mass is 431 g/mol. The van der Waals surface area contributed by atoms with Gasteiger partial charge in [-0.2, -0.15) is 0 Å². The summed E-state index contributed by atoms with van der Waals surface area (Å²) < 4.78 is 11.2. The third-order valence-corrected chi connectivity index (χ3v) is 4.44. The van der Waals surface area contributed by atoms with Crippen LogP contribution in [-0.4, -0.2) is 60.5 Å². The minimum Gasteiger partial charge on any atom is -0.507 e. The molecule has 2 aromatic carbocycles. The van der Waals surface area contributed by atoms with Crippen LogP contribution < -0.4 is 25.8 Å². The lowest BCUT2D eigenvalue weighted by atomic mass is 10.1. The second-order valence-corrected chi connectivity index (χ2v) is 7.66. The molecule has 1 atom stereocenters. The molecule has 0 aromatic heterocycles. The molecule has 9 nitrogen and oxygen atoms in total. The molecule has 0 fully saturated rings. The summed E-state index contributed by atoms with van der Waals surface area (Å²) >= 11 is 0. The lowest BCUT2D eigenvalue weighted by Crippen LogP contribution is -2.48. The van der Waals surface area contributed by atoms with Gasteiger partial charge in [0, 0.05) is 24.7 Å². The Morgan fingerprint density at radius 1 is 1.10 bits per heavy atom. The van der Waals surface area contributed by atoms with Crippen molar-refractivity contribution in [2.24, 2.45) is 5.73 Å². The van der Waals surface area contributed by atoms with Crippen LogP contribution in [0.4, 0.5) is 0 Å². The van der Waals surface area contributed by atoms with Crippen molar-refractivity contribution < 1.29 is 29.3 Å². The quantitative estimate of drug-likeness (QED) is 0.358. The Morgan fingerprint density at radius 2 is 1.74 bits per heavy atom. The molecule has 0 aliphatic heterocycles. The standard InChI is InChI=1S/C22H29N3O6/c1-22(2,13-31-17-8-9-19(27)18(10-17)20(23)28)25-11-15(26)12-30-16-6-4-14(5-7-16)21(29)24-3/h4-10,15,25-27H,11-13H2,1-3H3,(H2,23,28)(H,24,29). The molecule has 2 rings (SSSR count). The Hall–Kier alpha value is -3.30. The number of amides is 2. The molecule has 6 N–H and O–H groups in total. The average Bonchev–Trinajstić information content (AvgIpc) is 2.75. The second-order valence-electron chi connectivity index (χ2n) is 7.66. The van der Waals surface area contributed by atoms with Crippen molar-refractivity contribution >= 4 is 11.8 Å². The highest BCUT2D eigenvalue weighted by atomic mass is 16.5. The first kappa shape index (κ1) is 24.0. The number of primary amides is 1. The number of nitrogens with two attached hydrogens (primary N) is 1. The van der Waals surface area contributed by atoms with E-state index in [2.05, 4.69) is 10.6 Å². The fraction of sp³-hybridized carbons (Fsp3) is 0.364. The van der Waals surface area contributed by atoms with Gasteiger partial charge in [0.15, 0.2) is 0 Å². The zero-order chi connectivity index (χ0) is 23.0. The molecular formula is C22H29N3O6. The molecule has 1 unspecified atom stereocenters. The third kappa shape index (κ3) is 7.47. The van der Waals surface area contributed by atoms with Crippen LogP contribution in [0.3, 0.4) is 0 Å². The lowest BCUT2D eigenvalue weighted by molar-refractivity contribution is 0.0924. The van der Waals surface area contributed by atoms with Crippen molar-refractivity contribution in [3.05, 3.63) is 53.6 Å². The SMILES string of the molecule is CNC(=O)c1ccc(OCC(O)CNC(C)(C)COc2ccc(O)c(C(N)=O)c2)cc1. The van der Waals surface area contributed by atoms with Crippen molar-refractivity contribution in [3.8, 4) is 17.2 Å². The van der Waals surface area contributed by atoms with E-state index in [0.29, 0.717) is 17.1 Å². The normalized spacial score (nSPS) is 12.1. The van der Waals surface area contributed by atoms with E-state index in [9.17, 15) is 19.8 Å². The number of hydrogen-bond acceptors (Lipinski definition) is 7. The molecule has 168 valence electrons. The zero-order valence-electron chi connectivity index (χ0n) is 17.8. The van der Waals surface area contributed by atoms with Crippen molar-refractivity contribution in [2.45, 2.75) is 25.5 Å². The number of benzene rings is 2. The van der Waals surface area contributed by atoms with Gasteiger partial charge in [0.25, 0.3) is 11.8 Å². The van der Waals surface area contributed by atoms with E-state index in [0.717, 1.165) is 0 Å². The summed E-state index contributed by atoms with van der Waals surface area (Å²) in [5.41, 5.74) is 5.23. The fourth-order valence-corrected chi connectivity index (χ4v) is 2.61. The number of aliphatic hydroxyl groups excluding tert-OH is 1. The zero-order valence-corrected chi connectivity index (χ0v) is 17.8. The Bertz CT molecular complexity index is 899. The summed E-state index contributed by atoms with van der Waals surface area (Å²) in [6, 6.07) is 10.9. The van der Waals surface area contributed by atoms with E-state index in [4.69, 9.17) is 15.2 Å². The number of carbonyl (C=O) groups is 2. The van der Waals surface area contributed by atoms with Crippen LogP contribution in [0.5, 0.6) is 17.2 Å². The molecule has 0 radical (unpaired) electrons. The molecular weight excluding hydrogens is 402 g/mol. The minimum atomic E-state index is -0.770. The van der Waals surface area contributed by atoms with Crippen LogP contribution in [-0.2, 0) is 0 Å². The van der Waals surface area contributed by atoms with Gasteiger partial charge in [-0.05, 0) is 56.3 Å². The van der Waals surface area contributed by atoms with Crippen molar-refractivity contribution in [1.29, 1.82) is 0 Å². The van der Waals surface area contributed by atoms with Crippen LogP contribution in [0.2, 0.25) is 0 Å². The number of carbonyl (C=O) groups excluding carboxylic acids is 2. The van der Waals surface area contributed by atoms with E-state index in [1.54, 1.807) is 31.3 Å². The van der Waals surface area contributed by atoms with Crippen molar-refractivity contribution in [3.63, 3.8) is 0 Å². The van der Waals surface area contributed by atoms with Gasteiger partial charge < -0.3 is 36.1 Å². The fourth-order valence-electron chi connectivity index (χ4n) is 2.61. The van der Waals surface area contributed by atoms with E-state index in [1.807, 2.05) is 13.8 Å². The Labute approximate surface area is 181 Å². The van der Waals surface area contributed by atoms with E-state index < -0.39 is 17.6 Å². The first-order chi connectivity index (χ1) is 14.6. The summed E-state index contributed by atoms with van der Waals surface area (Å²) in [6.45, 7) is 4.36. The van der Waals surface area contributed by atoms with Crippen LogP contribution in [0.15, 0.2) is 42.5 Å². The van der Waals surface area contributed by atoms with Crippen molar-refractivity contribution in [1.82, 2.24) is 10.6 Å². The van der Waals surface area contributed by atoms with Crippen molar-refractivity contribution in [2.75, 3.05) is 26.8 Å². The molecule has 9 heteroatoms. The number of aliphatic hydroxyl groups is 1. The second kappa shape index (κ2) is 10.6. The Kier molecular flexibility index (Phi) is 8.23. The number of ether oxygens (including phenoxy) is 2. The number of phenols is 1. The third-order valence-electron chi connectivity index (χ3n) is 4.44. The molecule has 0 bridgehead atoms. The van der Waals surface area contributed by atoms with Crippen LogP contribution in [0.1, 0.15) is 34.6 Å². The van der Waals surface area contributed by atoms with Crippen LogP contribution in [0.25, 0.3) is 0 Å². The number of hydrogen-bond donors (Lipinski definition) is 5. The number of rotatable bonds is 11. The van der Waals surface area contributed by atoms with E-state index >= 15 is 0 Å². The highest BCUT2D eigenvalue weighted by molar-refractivity contribution is 5.96. The van der Waals surface area contributed by atoms with Crippen LogP contribution >= 0.6 is 0 Å². The number of nitrogens with one attached hydrogen (secondary N) is 2. The molecule has 2 aromatic rings. The van der Waals surface area contributed by atoms with E-state index in [-0.39, 0.29) is 37.0 Å². The molecule has 0 saturated carbocycles. The highest BCUT2D eigenvalue weighted by Crippen LogP contribution is 2.23. The van der Waals surface area contributed by atoms with Gasteiger partial charge >= 0.3 is 0 Å². The van der Waals surface area contributed by atoms with Gasteiger partial charge in [0.1, 0.15) is 36.6 Å². The molecule has 0 spiro atoms. The molecule has 31 heavy (non-hydrogen) atoms. The first-order valence-electron chi connectivity index (χ1n) is 9.75. The maximum atomic E-state index is 11.5. The van der Waals surface area contributed by atoms with Gasteiger partial charge in [0.05, 0.1) is 5.56 Å². The summed E-state index contributed by atoms with van der Waals surface area (Å²) in [7, 11) is 1.56. The Balaban J connectivity index is 1.78. The predicted octanol–water partition coefficient (Wildman–Crippen LogP) is 1.04. The molecule has 0 aliphatic carbocycles.